The minimum atomic E-state index is -0.0926. The summed E-state index contributed by atoms with van der Waals surface area (Å²) < 4.78 is 5.41. The van der Waals surface area contributed by atoms with Gasteiger partial charge < -0.3 is 15.0 Å². The Morgan fingerprint density at radius 3 is 2.72 bits per heavy atom. The minimum absolute atomic E-state index is 0.0926. The average Bonchev–Trinajstić information content (AvgIpc) is 2.37. The van der Waals surface area contributed by atoms with E-state index in [1.807, 2.05) is 27.0 Å². The van der Waals surface area contributed by atoms with Gasteiger partial charge in [0.15, 0.2) is 0 Å². The van der Waals surface area contributed by atoms with E-state index in [0.29, 0.717) is 18.8 Å². The summed E-state index contributed by atoms with van der Waals surface area (Å²) in [7, 11) is 3.56. The van der Waals surface area contributed by atoms with Crippen molar-refractivity contribution in [2.45, 2.75) is 20.0 Å². The Labute approximate surface area is 108 Å². The van der Waals surface area contributed by atoms with Crippen LogP contribution in [0.5, 0.6) is 0 Å². The number of hydrogen-bond donors (Lipinski definition) is 1. The Hall–Kier alpha value is -1.62. The summed E-state index contributed by atoms with van der Waals surface area (Å²) in [6.45, 7) is 5.04. The van der Waals surface area contributed by atoms with Crippen molar-refractivity contribution in [1.82, 2.24) is 9.88 Å². The Balaban J connectivity index is 2.51. The topological polar surface area (TPSA) is 54.5 Å². The molecule has 0 radical (unpaired) electrons. The van der Waals surface area contributed by atoms with Gasteiger partial charge in [0.2, 0.25) is 0 Å². The number of likely N-dealkylation sites (N-methyl/N-ethyl adjacent to an activating group) is 1. The molecule has 1 rings (SSSR count). The number of anilines is 1. The lowest BCUT2D eigenvalue weighted by Gasteiger charge is -2.17. The Bertz CT molecular complexity index is 376. The van der Waals surface area contributed by atoms with Gasteiger partial charge in [-0.25, -0.2) is 4.98 Å². The van der Waals surface area contributed by atoms with Crippen LogP contribution < -0.4 is 5.32 Å². The first-order valence-electron chi connectivity index (χ1n) is 6.05. The van der Waals surface area contributed by atoms with Gasteiger partial charge in [0.25, 0.3) is 5.91 Å². The normalized spacial score (nSPS) is 10.5. The number of ether oxygens (including phenoxy) is 1. The molecule has 0 atom stereocenters. The second-order valence-corrected chi connectivity index (χ2v) is 4.33. The van der Waals surface area contributed by atoms with E-state index in [9.17, 15) is 4.79 Å². The molecule has 0 bridgehead atoms. The summed E-state index contributed by atoms with van der Waals surface area (Å²) >= 11 is 0. The summed E-state index contributed by atoms with van der Waals surface area (Å²) in [6.07, 6.45) is 1.83. The molecule has 1 N–H and O–H groups in total. The molecule has 0 aliphatic carbocycles. The van der Waals surface area contributed by atoms with Crippen LogP contribution in [0.25, 0.3) is 0 Å². The highest BCUT2D eigenvalue weighted by molar-refractivity contribution is 5.92. The predicted molar refractivity (Wildman–Crippen MR) is 71.8 cm³/mol. The van der Waals surface area contributed by atoms with Crippen molar-refractivity contribution in [1.29, 1.82) is 0 Å². The van der Waals surface area contributed by atoms with Gasteiger partial charge in [-0.1, -0.05) is 0 Å². The van der Waals surface area contributed by atoms with Crippen LogP contribution in [0.2, 0.25) is 0 Å². The maximum atomic E-state index is 12.0. The number of rotatable bonds is 6. The smallest absolute Gasteiger partial charge is 0.272 e. The van der Waals surface area contributed by atoms with E-state index in [0.717, 1.165) is 5.69 Å². The molecule has 0 saturated heterocycles. The lowest BCUT2D eigenvalue weighted by Crippen LogP contribution is -2.31. The molecule has 0 spiro atoms. The van der Waals surface area contributed by atoms with Gasteiger partial charge in [-0.15, -0.1) is 0 Å². The molecule has 5 heteroatoms. The Morgan fingerprint density at radius 2 is 2.22 bits per heavy atom. The third kappa shape index (κ3) is 4.33. The fourth-order valence-corrected chi connectivity index (χ4v) is 1.39. The van der Waals surface area contributed by atoms with Gasteiger partial charge in [0, 0.05) is 20.6 Å². The lowest BCUT2D eigenvalue weighted by molar-refractivity contribution is 0.0529. The fourth-order valence-electron chi connectivity index (χ4n) is 1.39. The average molecular weight is 251 g/mol. The second kappa shape index (κ2) is 6.96. The molecule has 1 aromatic heterocycles. The van der Waals surface area contributed by atoms with E-state index in [-0.39, 0.29) is 12.0 Å². The number of nitrogens with zero attached hydrogens (tertiary/aromatic N) is 2. The molecule has 0 unspecified atom stereocenters. The van der Waals surface area contributed by atoms with Crippen LogP contribution in [-0.2, 0) is 4.74 Å². The van der Waals surface area contributed by atoms with Crippen LogP contribution in [0.15, 0.2) is 18.3 Å². The van der Waals surface area contributed by atoms with Crippen LogP contribution in [0.4, 0.5) is 5.69 Å². The largest absolute Gasteiger partial charge is 0.387 e. The standard InChI is InChI=1S/C13H21N3O2/c1-10(2)18-8-7-16(4)13(17)12-6-5-11(14-3)9-15-12/h5-6,9-10,14H,7-8H2,1-4H3. The van der Waals surface area contributed by atoms with E-state index in [1.165, 1.54) is 0 Å². The number of amides is 1. The fraction of sp³-hybridized carbons (Fsp3) is 0.538. The quantitative estimate of drug-likeness (QED) is 0.834. The van der Waals surface area contributed by atoms with Crippen molar-refractivity contribution in [2.24, 2.45) is 0 Å². The molecule has 1 heterocycles. The summed E-state index contributed by atoms with van der Waals surface area (Å²) in [5.41, 5.74) is 1.33. The zero-order valence-corrected chi connectivity index (χ0v) is 11.4. The van der Waals surface area contributed by atoms with Crippen LogP contribution >= 0.6 is 0 Å². The third-order valence-electron chi connectivity index (χ3n) is 2.50. The Morgan fingerprint density at radius 1 is 1.50 bits per heavy atom. The lowest BCUT2D eigenvalue weighted by atomic mass is 10.3. The first-order chi connectivity index (χ1) is 8.54. The van der Waals surface area contributed by atoms with Gasteiger partial charge in [-0.2, -0.15) is 0 Å². The molecular formula is C13H21N3O2. The monoisotopic (exact) mass is 251 g/mol. The molecule has 0 aliphatic rings. The van der Waals surface area contributed by atoms with Crippen LogP contribution in [0, 0.1) is 0 Å². The summed E-state index contributed by atoms with van der Waals surface area (Å²) in [4.78, 5) is 17.7. The highest BCUT2D eigenvalue weighted by atomic mass is 16.5. The van der Waals surface area contributed by atoms with Gasteiger partial charge in [0.05, 0.1) is 24.6 Å². The van der Waals surface area contributed by atoms with Crippen molar-refractivity contribution in [3.63, 3.8) is 0 Å². The number of carbonyl (C=O) groups excluding carboxylic acids is 1. The molecule has 18 heavy (non-hydrogen) atoms. The van der Waals surface area contributed by atoms with Crippen molar-refractivity contribution in [3.05, 3.63) is 24.0 Å². The molecule has 1 aromatic rings. The van der Waals surface area contributed by atoms with Gasteiger partial charge in [-0.3, -0.25) is 4.79 Å². The molecule has 1 amide bonds. The van der Waals surface area contributed by atoms with E-state index in [1.54, 1.807) is 24.2 Å². The molecule has 100 valence electrons. The SMILES string of the molecule is CNc1ccc(C(=O)N(C)CCOC(C)C)nc1. The van der Waals surface area contributed by atoms with Crippen molar-refractivity contribution in [2.75, 3.05) is 32.6 Å². The van der Waals surface area contributed by atoms with Gasteiger partial charge in [0.1, 0.15) is 5.69 Å². The number of carbonyl (C=O) groups is 1. The zero-order chi connectivity index (χ0) is 13.5. The van der Waals surface area contributed by atoms with Gasteiger partial charge >= 0.3 is 0 Å². The van der Waals surface area contributed by atoms with Crippen LogP contribution in [0.1, 0.15) is 24.3 Å². The van der Waals surface area contributed by atoms with Gasteiger partial charge in [-0.05, 0) is 26.0 Å². The first kappa shape index (κ1) is 14.4. The molecule has 0 aliphatic heterocycles. The number of aromatic nitrogens is 1. The maximum Gasteiger partial charge on any atom is 0.272 e. The summed E-state index contributed by atoms with van der Waals surface area (Å²) in [5, 5.41) is 2.96. The molecular weight excluding hydrogens is 230 g/mol. The van der Waals surface area contributed by atoms with E-state index in [2.05, 4.69) is 10.3 Å². The van der Waals surface area contributed by atoms with Crippen LogP contribution in [-0.4, -0.2) is 49.1 Å². The number of pyridine rings is 1. The molecule has 5 nitrogen and oxygen atoms in total. The number of nitrogens with one attached hydrogen (secondary N) is 1. The van der Waals surface area contributed by atoms with E-state index >= 15 is 0 Å². The highest BCUT2D eigenvalue weighted by Crippen LogP contribution is 2.06. The van der Waals surface area contributed by atoms with E-state index < -0.39 is 0 Å². The van der Waals surface area contributed by atoms with Crippen molar-refractivity contribution >= 4 is 11.6 Å². The zero-order valence-electron chi connectivity index (χ0n) is 11.4. The van der Waals surface area contributed by atoms with Crippen molar-refractivity contribution in [3.8, 4) is 0 Å². The number of hydrogen-bond acceptors (Lipinski definition) is 4. The van der Waals surface area contributed by atoms with Crippen LogP contribution in [0.3, 0.4) is 0 Å². The molecule has 0 aromatic carbocycles. The molecule has 0 saturated carbocycles. The predicted octanol–water partition coefficient (Wildman–Crippen LogP) is 1.62. The second-order valence-electron chi connectivity index (χ2n) is 4.33. The highest BCUT2D eigenvalue weighted by Gasteiger charge is 2.12. The molecule has 0 fully saturated rings. The maximum absolute atomic E-state index is 12.0. The third-order valence-corrected chi connectivity index (χ3v) is 2.50. The van der Waals surface area contributed by atoms with E-state index in [4.69, 9.17) is 4.74 Å². The minimum Gasteiger partial charge on any atom is -0.387 e. The first-order valence-corrected chi connectivity index (χ1v) is 6.05. The summed E-state index contributed by atoms with van der Waals surface area (Å²) in [6, 6.07) is 3.55. The summed E-state index contributed by atoms with van der Waals surface area (Å²) in [5.74, 6) is -0.0926. The van der Waals surface area contributed by atoms with Crippen molar-refractivity contribution < 1.29 is 9.53 Å². The Kier molecular flexibility index (Phi) is 5.58.